The Bertz CT molecular complexity index is 1210. The highest BCUT2D eigenvalue weighted by Crippen LogP contribution is 2.42. The van der Waals surface area contributed by atoms with Gasteiger partial charge in [0, 0.05) is 31.1 Å². The Labute approximate surface area is 206 Å². The zero-order valence-electron chi connectivity index (χ0n) is 19.0. The molecule has 2 saturated heterocycles. The molecule has 0 radical (unpaired) electrons. The number of fused-ring (bicyclic) bond motifs is 1. The van der Waals surface area contributed by atoms with Crippen molar-refractivity contribution < 1.29 is 13.5 Å². The summed E-state index contributed by atoms with van der Waals surface area (Å²) in [5.74, 6) is 0.108. The maximum atomic E-state index is 13.3. The topological polar surface area (TPSA) is 60.9 Å². The van der Waals surface area contributed by atoms with Gasteiger partial charge in [-0.05, 0) is 47.5 Å². The van der Waals surface area contributed by atoms with E-state index in [2.05, 4.69) is 53.5 Å². The van der Waals surface area contributed by atoms with Gasteiger partial charge in [0.25, 0.3) is 10.0 Å². The molecule has 2 aromatic carbocycles. The van der Waals surface area contributed by atoms with Gasteiger partial charge in [0.1, 0.15) is 4.21 Å². The molecule has 34 heavy (non-hydrogen) atoms. The van der Waals surface area contributed by atoms with Gasteiger partial charge in [-0.15, -0.1) is 11.3 Å². The summed E-state index contributed by atoms with van der Waals surface area (Å²) < 4.78 is 28.6. The van der Waals surface area contributed by atoms with Crippen molar-refractivity contribution in [3.63, 3.8) is 0 Å². The van der Waals surface area contributed by atoms with Crippen molar-refractivity contribution in [2.45, 2.75) is 35.1 Å². The van der Waals surface area contributed by atoms with Gasteiger partial charge in [-0.25, -0.2) is 8.42 Å². The van der Waals surface area contributed by atoms with Crippen LogP contribution in [0.3, 0.4) is 0 Å². The molecule has 2 aliphatic heterocycles. The molecule has 3 heterocycles. The summed E-state index contributed by atoms with van der Waals surface area (Å²) >= 11 is 1.27. The molecule has 178 valence electrons. The number of sulfonamides is 1. The molecule has 0 unspecified atom stereocenters. The molecule has 2 fully saturated rings. The molecule has 2 aliphatic rings. The van der Waals surface area contributed by atoms with E-state index in [1.165, 1.54) is 11.3 Å². The number of aliphatic hydroxyl groups is 1. The van der Waals surface area contributed by atoms with Crippen molar-refractivity contribution in [3.8, 4) is 0 Å². The van der Waals surface area contributed by atoms with Crippen LogP contribution < -0.4 is 0 Å². The fraction of sp³-hybridized carbons (Fsp3) is 0.333. The van der Waals surface area contributed by atoms with Crippen molar-refractivity contribution in [3.05, 3.63) is 88.8 Å². The Morgan fingerprint density at radius 3 is 2.29 bits per heavy atom. The van der Waals surface area contributed by atoms with E-state index in [1.807, 2.05) is 23.6 Å². The monoisotopic (exact) mass is 494 g/mol. The van der Waals surface area contributed by atoms with E-state index in [0.717, 1.165) is 36.1 Å². The first-order valence-corrected chi connectivity index (χ1v) is 14.1. The normalized spacial score (nSPS) is 24.3. The highest BCUT2D eigenvalue weighted by atomic mass is 32.2. The summed E-state index contributed by atoms with van der Waals surface area (Å²) in [6.07, 6.45) is 5.96. The fourth-order valence-corrected chi connectivity index (χ4v) is 7.89. The minimum atomic E-state index is -3.50. The van der Waals surface area contributed by atoms with Gasteiger partial charge < -0.3 is 5.11 Å². The Morgan fingerprint density at radius 2 is 1.62 bits per heavy atom. The Hall–Kier alpha value is -2.29. The summed E-state index contributed by atoms with van der Waals surface area (Å²) in [5.41, 5.74) is 3.43. The average Bonchev–Trinajstić information content (AvgIpc) is 3.39. The summed E-state index contributed by atoms with van der Waals surface area (Å²) in [6.45, 7) is 1.98. The van der Waals surface area contributed by atoms with Crippen LogP contribution in [-0.4, -0.2) is 61.1 Å². The standard InChI is InChI=1S/C27H30N2O3S2/c30-20-25-27(23-14-12-22(13-15-23)11-10-21-7-2-1-3-8-21)24-19-28(16-4-5-17-29(24)25)34(31,32)26-9-6-18-33-26/h1-3,6-15,18,24-25,27,30H,4-5,16-17,19-20H2/b11-10+/t24-,25+,27-/m0/s1. The van der Waals surface area contributed by atoms with Crippen molar-refractivity contribution in [1.29, 1.82) is 0 Å². The lowest BCUT2D eigenvalue weighted by Crippen LogP contribution is -2.67. The van der Waals surface area contributed by atoms with E-state index in [1.54, 1.807) is 16.4 Å². The van der Waals surface area contributed by atoms with Gasteiger partial charge in [-0.2, -0.15) is 4.31 Å². The predicted octanol–water partition coefficient (Wildman–Crippen LogP) is 4.53. The second-order valence-electron chi connectivity index (χ2n) is 8.99. The van der Waals surface area contributed by atoms with Crippen LogP contribution in [0.25, 0.3) is 12.2 Å². The van der Waals surface area contributed by atoms with Gasteiger partial charge in [-0.1, -0.05) is 72.8 Å². The zero-order valence-corrected chi connectivity index (χ0v) is 20.7. The molecular weight excluding hydrogens is 464 g/mol. The largest absolute Gasteiger partial charge is 0.395 e. The van der Waals surface area contributed by atoms with Crippen LogP contribution in [-0.2, 0) is 10.0 Å². The Morgan fingerprint density at radius 1 is 0.912 bits per heavy atom. The number of thiophene rings is 1. The Kier molecular flexibility index (Phi) is 6.99. The van der Waals surface area contributed by atoms with Crippen molar-refractivity contribution in [2.75, 3.05) is 26.2 Å². The molecule has 0 saturated carbocycles. The second-order valence-corrected chi connectivity index (χ2v) is 12.1. The summed E-state index contributed by atoms with van der Waals surface area (Å²) in [6, 6.07) is 22.2. The number of nitrogens with zero attached hydrogens (tertiary/aromatic N) is 2. The molecule has 5 rings (SSSR count). The molecule has 0 spiro atoms. The van der Waals surface area contributed by atoms with Crippen LogP contribution >= 0.6 is 11.3 Å². The highest BCUT2D eigenvalue weighted by molar-refractivity contribution is 7.91. The van der Waals surface area contributed by atoms with Crippen molar-refractivity contribution in [1.82, 2.24) is 9.21 Å². The molecule has 0 aliphatic carbocycles. The molecule has 0 bridgehead atoms. The van der Waals surface area contributed by atoms with Gasteiger partial charge in [0.2, 0.25) is 0 Å². The molecule has 1 aromatic heterocycles. The van der Waals surface area contributed by atoms with E-state index in [4.69, 9.17) is 0 Å². The first-order chi connectivity index (χ1) is 16.6. The van der Waals surface area contributed by atoms with Gasteiger partial charge in [0.05, 0.1) is 6.61 Å². The number of hydrogen-bond acceptors (Lipinski definition) is 5. The smallest absolute Gasteiger partial charge is 0.252 e. The van der Waals surface area contributed by atoms with Crippen molar-refractivity contribution >= 4 is 33.5 Å². The number of benzene rings is 2. The third kappa shape index (κ3) is 4.63. The van der Waals surface area contributed by atoms with Gasteiger partial charge in [-0.3, -0.25) is 4.90 Å². The fourth-order valence-electron chi connectivity index (χ4n) is 5.25. The quantitative estimate of drug-likeness (QED) is 0.512. The molecule has 3 aromatic rings. The SMILES string of the molecule is O=S(=O)(c1cccs1)N1CCCCN2[C@H](CO)[C@@H](c3ccc(/C=C/c4ccccc4)cc3)[C@@H]2C1. The Balaban J connectivity index is 1.37. The summed E-state index contributed by atoms with van der Waals surface area (Å²) in [7, 11) is -3.50. The van der Waals surface area contributed by atoms with E-state index < -0.39 is 10.0 Å². The lowest BCUT2D eigenvalue weighted by Gasteiger charge is -2.57. The van der Waals surface area contributed by atoms with Crippen LogP contribution in [0.2, 0.25) is 0 Å². The first-order valence-electron chi connectivity index (χ1n) is 11.8. The molecule has 5 nitrogen and oxygen atoms in total. The van der Waals surface area contributed by atoms with Crippen LogP contribution in [0.4, 0.5) is 0 Å². The van der Waals surface area contributed by atoms with E-state index in [0.29, 0.717) is 17.3 Å². The van der Waals surface area contributed by atoms with E-state index in [-0.39, 0.29) is 24.6 Å². The molecule has 3 atom stereocenters. The first kappa shape index (κ1) is 23.5. The summed E-state index contributed by atoms with van der Waals surface area (Å²) in [4.78, 5) is 2.31. The highest BCUT2D eigenvalue weighted by Gasteiger charge is 2.50. The maximum Gasteiger partial charge on any atom is 0.252 e. The second kappa shape index (κ2) is 10.1. The predicted molar refractivity (Wildman–Crippen MR) is 138 cm³/mol. The number of hydrogen-bond donors (Lipinski definition) is 1. The minimum Gasteiger partial charge on any atom is -0.395 e. The lowest BCUT2D eigenvalue weighted by molar-refractivity contribution is -0.0553. The molecule has 7 heteroatoms. The number of rotatable bonds is 6. The van der Waals surface area contributed by atoms with Gasteiger partial charge >= 0.3 is 0 Å². The lowest BCUT2D eigenvalue weighted by atomic mass is 9.74. The van der Waals surface area contributed by atoms with E-state index in [9.17, 15) is 13.5 Å². The average molecular weight is 495 g/mol. The maximum absolute atomic E-state index is 13.3. The molecular formula is C27H30N2O3S2. The van der Waals surface area contributed by atoms with Gasteiger partial charge in [0.15, 0.2) is 0 Å². The third-order valence-corrected chi connectivity index (χ3v) is 10.2. The number of aliphatic hydroxyl groups excluding tert-OH is 1. The van der Waals surface area contributed by atoms with Crippen molar-refractivity contribution in [2.24, 2.45) is 0 Å². The van der Waals surface area contributed by atoms with Crippen LogP contribution in [0, 0.1) is 0 Å². The minimum absolute atomic E-state index is 0.0279. The van der Waals surface area contributed by atoms with Crippen LogP contribution in [0.5, 0.6) is 0 Å². The molecule has 1 N–H and O–H groups in total. The zero-order chi connectivity index (χ0) is 23.5. The van der Waals surface area contributed by atoms with Crippen LogP contribution in [0.15, 0.2) is 76.3 Å². The van der Waals surface area contributed by atoms with Crippen LogP contribution in [0.1, 0.15) is 35.4 Å². The summed E-state index contributed by atoms with van der Waals surface area (Å²) in [5, 5.41) is 12.0. The third-order valence-electron chi connectivity index (χ3n) is 7.01. The van der Waals surface area contributed by atoms with E-state index >= 15 is 0 Å². The molecule has 0 amide bonds.